The van der Waals surface area contributed by atoms with Gasteiger partial charge in [0, 0.05) is 22.8 Å². The van der Waals surface area contributed by atoms with Gasteiger partial charge in [-0.1, -0.05) is 49.7 Å². The van der Waals surface area contributed by atoms with Gasteiger partial charge in [0.25, 0.3) is 5.91 Å². The molecule has 0 radical (unpaired) electrons. The molecule has 0 saturated heterocycles. The number of nitrogens with one attached hydrogen (secondary N) is 2. The van der Waals surface area contributed by atoms with Gasteiger partial charge in [-0.25, -0.2) is 17.8 Å². The molecule has 0 aliphatic heterocycles. The van der Waals surface area contributed by atoms with Gasteiger partial charge in [-0.05, 0) is 66.4 Å². The number of benzene rings is 3. The minimum Gasteiger partial charge on any atom is -0.398 e. The van der Waals surface area contributed by atoms with Crippen LogP contribution < -0.4 is 16.8 Å². The second-order valence-electron chi connectivity index (χ2n) is 10.2. The molecule has 0 atom stereocenters. The number of halogens is 2. The summed E-state index contributed by atoms with van der Waals surface area (Å²) in [5, 5.41) is 3.27. The fraction of sp³-hybridized carbons (Fsp3) is 0.353. The Balaban J connectivity index is 0.00000307. The molecule has 1 aromatic heterocycles. The first-order valence-corrected chi connectivity index (χ1v) is 17.7. The number of imidazole rings is 1. The largest absolute Gasteiger partial charge is 0.398 e. The van der Waals surface area contributed by atoms with Gasteiger partial charge in [0.2, 0.25) is 5.95 Å². The van der Waals surface area contributed by atoms with E-state index < -0.39 is 15.7 Å². The number of carbonyl (C=O) groups excluding carboxylic acids is 1. The van der Waals surface area contributed by atoms with Crippen molar-refractivity contribution in [2.24, 2.45) is 11.5 Å². The van der Waals surface area contributed by atoms with E-state index in [9.17, 15) is 17.6 Å². The summed E-state index contributed by atoms with van der Waals surface area (Å²) >= 11 is 6.07. The van der Waals surface area contributed by atoms with Crippen molar-refractivity contribution < 1.29 is 31.8 Å². The van der Waals surface area contributed by atoms with Gasteiger partial charge >= 0.3 is 0 Å². The van der Waals surface area contributed by atoms with Crippen LogP contribution in [0.5, 0.6) is 0 Å². The average Bonchev–Trinajstić information content (AvgIpc) is 3.48. The van der Waals surface area contributed by atoms with Crippen LogP contribution in [0.15, 0.2) is 77.2 Å². The topological polar surface area (TPSA) is 172 Å². The highest BCUT2D eigenvalue weighted by Crippen LogP contribution is 2.24. The summed E-state index contributed by atoms with van der Waals surface area (Å²) in [6.45, 7) is 6.30. The van der Waals surface area contributed by atoms with Crippen LogP contribution >= 0.6 is 11.6 Å². The Labute approximate surface area is 285 Å². The third kappa shape index (κ3) is 12.0. The van der Waals surface area contributed by atoms with Gasteiger partial charge in [-0.3, -0.25) is 10.1 Å². The van der Waals surface area contributed by atoms with Gasteiger partial charge in [0.05, 0.1) is 61.3 Å². The minimum absolute atomic E-state index is 0.000854. The Morgan fingerprint density at radius 2 is 1.54 bits per heavy atom. The molecule has 0 spiro atoms. The normalized spacial score (nSPS) is 11.9. The van der Waals surface area contributed by atoms with Crippen molar-refractivity contribution in [3.63, 3.8) is 0 Å². The van der Waals surface area contributed by atoms with Gasteiger partial charge in [-0.15, -0.1) is 0 Å². The molecule has 48 heavy (non-hydrogen) atoms. The quantitative estimate of drug-likeness (QED) is 0.0812. The van der Waals surface area contributed by atoms with Crippen molar-refractivity contribution in [1.29, 1.82) is 0 Å². The number of sulfone groups is 1. The number of aromatic nitrogens is 2. The summed E-state index contributed by atoms with van der Waals surface area (Å²) in [5.74, 6) is -0.866. The Morgan fingerprint density at radius 1 is 0.917 bits per heavy atom. The molecule has 11 nitrogen and oxygen atoms in total. The second-order valence-corrected chi connectivity index (χ2v) is 12.7. The standard InChI is InChI=1S/C32H37ClFN5O6S.C2H6/c33-24-6-12-28-29(21-24)38-32(37-28)39-31(40)27(11-3-22-1-7-25(34)8-2-22)30(36)23-4-9-26(10-5-23)46(41,42)20-19-45-18-17-44-16-15-43-14-13-35;1-2/h1-2,4-10,12,21H,3,11,13-20,35-36H2,(H2,37,38,39,40);1-2H3/b30-27-;. The molecular formula is C34H43ClFN5O6S. The molecule has 4 aromatic rings. The third-order valence-electron chi connectivity index (χ3n) is 6.88. The van der Waals surface area contributed by atoms with Crippen LogP contribution in [-0.2, 0) is 35.3 Å². The zero-order valence-corrected chi connectivity index (χ0v) is 28.7. The first-order valence-electron chi connectivity index (χ1n) is 15.6. The van der Waals surface area contributed by atoms with Gasteiger partial charge in [0.1, 0.15) is 5.82 Å². The number of H-pyrrole nitrogens is 1. The van der Waals surface area contributed by atoms with E-state index in [-0.39, 0.29) is 53.3 Å². The zero-order chi connectivity index (χ0) is 34.9. The van der Waals surface area contributed by atoms with Gasteiger partial charge in [-0.2, -0.15) is 0 Å². The lowest BCUT2D eigenvalue weighted by Crippen LogP contribution is -2.20. The van der Waals surface area contributed by atoms with Gasteiger partial charge in [0.15, 0.2) is 9.84 Å². The van der Waals surface area contributed by atoms with E-state index in [1.807, 2.05) is 13.8 Å². The van der Waals surface area contributed by atoms with Crippen LogP contribution in [-0.4, -0.2) is 76.2 Å². The third-order valence-corrected chi connectivity index (χ3v) is 8.81. The molecule has 0 fully saturated rings. The van der Waals surface area contributed by atoms with E-state index in [4.69, 9.17) is 37.3 Å². The van der Waals surface area contributed by atoms with Crippen molar-refractivity contribution in [3.05, 3.63) is 94.3 Å². The number of nitrogens with zero attached hydrogens (tertiary/aromatic N) is 1. The summed E-state index contributed by atoms with van der Waals surface area (Å²) < 4.78 is 55.2. The molecule has 4 rings (SSSR count). The number of fused-ring (bicyclic) bond motifs is 1. The Hall–Kier alpha value is -3.85. The van der Waals surface area contributed by atoms with Crippen molar-refractivity contribution in [2.45, 2.75) is 31.6 Å². The lowest BCUT2D eigenvalue weighted by molar-refractivity contribution is -0.113. The molecule has 6 N–H and O–H groups in total. The SMILES string of the molecule is CC.NCCOCCOCCOCCS(=O)(=O)c1ccc(/C(N)=C(\CCc2ccc(F)cc2)C(=O)Nc2nc3ccc(Cl)cc3[nH]2)cc1. The Bertz CT molecular complexity index is 1730. The number of carbonyl (C=O) groups is 1. The molecule has 3 aromatic carbocycles. The lowest BCUT2D eigenvalue weighted by Gasteiger charge is -2.13. The number of aromatic amines is 1. The maximum atomic E-state index is 13.5. The first kappa shape index (κ1) is 38.6. The maximum absolute atomic E-state index is 13.5. The predicted molar refractivity (Wildman–Crippen MR) is 187 cm³/mol. The van der Waals surface area contributed by atoms with Crippen LogP contribution in [0.4, 0.5) is 10.3 Å². The van der Waals surface area contributed by atoms with E-state index in [0.29, 0.717) is 61.0 Å². The summed E-state index contributed by atoms with van der Waals surface area (Å²) in [4.78, 5) is 21.0. The molecule has 0 unspecified atom stereocenters. The second kappa shape index (κ2) is 19.8. The predicted octanol–water partition coefficient (Wildman–Crippen LogP) is 5.11. The monoisotopic (exact) mass is 703 g/mol. The number of anilines is 1. The molecule has 0 aliphatic carbocycles. The molecule has 0 bridgehead atoms. The van der Waals surface area contributed by atoms with Gasteiger partial charge < -0.3 is 30.7 Å². The summed E-state index contributed by atoms with van der Waals surface area (Å²) in [6, 6.07) is 17.1. The van der Waals surface area contributed by atoms with Crippen molar-refractivity contribution in [1.82, 2.24) is 9.97 Å². The number of aryl methyl sites for hydroxylation is 1. The molecule has 1 heterocycles. The number of ether oxygens (including phenoxy) is 3. The van der Waals surface area contributed by atoms with Crippen LogP contribution in [0.1, 0.15) is 31.4 Å². The molecular weight excluding hydrogens is 661 g/mol. The van der Waals surface area contributed by atoms with Crippen molar-refractivity contribution in [3.8, 4) is 0 Å². The van der Waals surface area contributed by atoms with E-state index in [0.717, 1.165) is 5.56 Å². The summed E-state index contributed by atoms with van der Waals surface area (Å²) in [5.41, 5.74) is 14.8. The number of rotatable bonds is 18. The van der Waals surface area contributed by atoms with E-state index in [2.05, 4.69) is 15.3 Å². The fourth-order valence-corrected chi connectivity index (χ4v) is 5.74. The molecule has 260 valence electrons. The van der Waals surface area contributed by atoms with Crippen LogP contribution in [0.3, 0.4) is 0 Å². The van der Waals surface area contributed by atoms with Crippen LogP contribution in [0, 0.1) is 5.82 Å². The van der Waals surface area contributed by atoms with E-state index >= 15 is 0 Å². The molecule has 0 saturated carbocycles. The highest BCUT2D eigenvalue weighted by Gasteiger charge is 2.19. The molecule has 1 amide bonds. The number of amides is 1. The smallest absolute Gasteiger partial charge is 0.255 e. The molecule has 0 aliphatic rings. The number of nitrogens with two attached hydrogens (primary N) is 2. The summed E-state index contributed by atoms with van der Waals surface area (Å²) in [6.07, 6.45) is 0.621. The highest BCUT2D eigenvalue weighted by molar-refractivity contribution is 7.91. The van der Waals surface area contributed by atoms with Crippen LogP contribution in [0.25, 0.3) is 16.7 Å². The van der Waals surface area contributed by atoms with Crippen molar-refractivity contribution in [2.75, 3.05) is 57.3 Å². The number of hydrogen-bond donors (Lipinski definition) is 4. The van der Waals surface area contributed by atoms with Crippen molar-refractivity contribution >= 4 is 50.0 Å². The minimum atomic E-state index is -3.64. The zero-order valence-electron chi connectivity index (χ0n) is 27.1. The Kier molecular flexibility index (Phi) is 16.0. The fourth-order valence-electron chi connectivity index (χ4n) is 4.44. The average molecular weight is 704 g/mol. The Morgan fingerprint density at radius 3 is 2.19 bits per heavy atom. The molecule has 14 heteroatoms. The van der Waals surface area contributed by atoms with Crippen LogP contribution in [0.2, 0.25) is 5.02 Å². The first-order chi connectivity index (χ1) is 23.2. The lowest BCUT2D eigenvalue weighted by atomic mass is 9.99. The maximum Gasteiger partial charge on any atom is 0.255 e. The highest BCUT2D eigenvalue weighted by atomic mass is 35.5. The van der Waals surface area contributed by atoms with E-state index in [1.165, 1.54) is 24.3 Å². The summed E-state index contributed by atoms with van der Waals surface area (Å²) in [7, 11) is -3.64. The van der Waals surface area contributed by atoms with E-state index in [1.54, 1.807) is 42.5 Å². The number of hydrogen-bond acceptors (Lipinski definition) is 9.